The largest absolute Gasteiger partial charge is 0.327 e. The van der Waals surface area contributed by atoms with Gasteiger partial charge in [0.1, 0.15) is 0 Å². The molecule has 2 heterocycles. The number of likely N-dealkylation sites (tertiary alicyclic amines) is 1. The second-order valence-corrected chi connectivity index (χ2v) is 7.07. The van der Waals surface area contributed by atoms with Crippen molar-refractivity contribution < 1.29 is 0 Å². The molecule has 2 aromatic rings. The van der Waals surface area contributed by atoms with Crippen molar-refractivity contribution >= 4 is 23.3 Å². The molecule has 3 rings (SSSR count). The highest BCUT2D eigenvalue weighted by Crippen LogP contribution is 2.28. The molecule has 1 unspecified atom stereocenters. The molecular weight excluding hydrogens is 294 g/mol. The predicted molar refractivity (Wildman–Crippen MR) is 95.4 cm³/mol. The number of hydrogen-bond donors (Lipinski definition) is 1. The topological polar surface area (TPSA) is 42.1 Å². The number of fused-ring (bicyclic) bond motifs is 1. The summed E-state index contributed by atoms with van der Waals surface area (Å²) in [6.07, 6.45) is 1.08. The quantitative estimate of drug-likeness (QED) is 0.921. The van der Waals surface area contributed by atoms with Crippen molar-refractivity contribution in [1.29, 1.82) is 0 Å². The van der Waals surface area contributed by atoms with Crippen LogP contribution in [0.1, 0.15) is 31.5 Å². The summed E-state index contributed by atoms with van der Waals surface area (Å²) in [6, 6.07) is 11.2. The Morgan fingerprint density at radius 1 is 1.27 bits per heavy atom. The molecule has 120 valence electrons. The Morgan fingerprint density at radius 3 is 2.77 bits per heavy atom. The van der Waals surface area contributed by atoms with E-state index in [0.29, 0.717) is 6.04 Å². The van der Waals surface area contributed by atoms with Crippen LogP contribution in [0.2, 0.25) is 0 Å². The molecule has 22 heavy (non-hydrogen) atoms. The minimum Gasteiger partial charge on any atom is -0.327 e. The zero-order valence-electron chi connectivity index (χ0n) is 13.7. The summed E-state index contributed by atoms with van der Waals surface area (Å²) in [5.74, 6) is 0. The van der Waals surface area contributed by atoms with Crippen LogP contribution in [0.5, 0.6) is 0 Å². The fourth-order valence-electron chi connectivity index (χ4n) is 3.25. The molecule has 0 radical (unpaired) electrons. The van der Waals surface area contributed by atoms with E-state index in [1.165, 1.54) is 10.9 Å². The number of nitrogens with zero attached hydrogens (tertiary/aromatic N) is 2. The predicted octanol–water partition coefficient (Wildman–Crippen LogP) is 3.52. The minimum atomic E-state index is 0. The number of aryl methyl sites for hydroxylation is 1. The van der Waals surface area contributed by atoms with Gasteiger partial charge in [0.25, 0.3) is 0 Å². The molecule has 0 saturated carbocycles. The van der Waals surface area contributed by atoms with E-state index in [9.17, 15) is 0 Å². The molecule has 1 aliphatic heterocycles. The molecule has 0 bridgehead atoms. The standard InChI is InChI=1S/C18H25N3.ClH/c1-13-4-6-15-10-14(5-7-16(15)20-13)11-21-9-8-17(19)18(2,3)12-21;/h4-7,10,17H,8-9,11-12,19H2,1-3H3;1H. The van der Waals surface area contributed by atoms with E-state index < -0.39 is 0 Å². The number of nitrogens with two attached hydrogens (primary N) is 1. The fourth-order valence-corrected chi connectivity index (χ4v) is 3.25. The zero-order valence-corrected chi connectivity index (χ0v) is 14.5. The van der Waals surface area contributed by atoms with Crippen molar-refractivity contribution in [1.82, 2.24) is 9.88 Å². The zero-order chi connectivity index (χ0) is 15.0. The van der Waals surface area contributed by atoms with E-state index in [2.05, 4.69) is 54.1 Å². The molecule has 2 N–H and O–H groups in total. The molecule has 0 amide bonds. The maximum atomic E-state index is 6.22. The van der Waals surface area contributed by atoms with Gasteiger partial charge in [-0.3, -0.25) is 9.88 Å². The molecule has 1 aromatic carbocycles. The summed E-state index contributed by atoms with van der Waals surface area (Å²) >= 11 is 0. The first kappa shape index (κ1) is 17.2. The second-order valence-electron chi connectivity index (χ2n) is 7.07. The summed E-state index contributed by atoms with van der Waals surface area (Å²) in [7, 11) is 0. The van der Waals surface area contributed by atoms with Gasteiger partial charge in [-0.25, -0.2) is 0 Å². The molecule has 0 spiro atoms. The number of aromatic nitrogens is 1. The van der Waals surface area contributed by atoms with Gasteiger partial charge in [0.15, 0.2) is 0 Å². The maximum absolute atomic E-state index is 6.22. The monoisotopic (exact) mass is 319 g/mol. The average molecular weight is 320 g/mol. The van der Waals surface area contributed by atoms with Crippen molar-refractivity contribution in [3.63, 3.8) is 0 Å². The number of hydrogen-bond acceptors (Lipinski definition) is 3. The van der Waals surface area contributed by atoms with Crippen LogP contribution in [-0.2, 0) is 6.54 Å². The molecule has 0 aliphatic carbocycles. The van der Waals surface area contributed by atoms with Crippen molar-refractivity contribution in [2.45, 2.75) is 39.8 Å². The lowest BCUT2D eigenvalue weighted by Crippen LogP contribution is -2.52. The Labute approximate surface area is 139 Å². The van der Waals surface area contributed by atoms with Crippen LogP contribution in [0.25, 0.3) is 10.9 Å². The molecule has 3 nitrogen and oxygen atoms in total. The van der Waals surface area contributed by atoms with Crippen molar-refractivity contribution in [2.75, 3.05) is 13.1 Å². The lowest BCUT2D eigenvalue weighted by Gasteiger charge is -2.42. The third-order valence-electron chi connectivity index (χ3n) is 4.69. The van der Waals surface area contributed by atoms with Gasteiger partial charge in [0, 0.05) is 36.8 Å². The van der Waals surface area contributed by atoms with Crippen LogP contribution in [0.15, 0.2) is 30.3 Å². The Balaban J connectivity index is 0.00000176. The Bertz CT molecular complexity index is 654. The average Bonchev–Trinajstić information content (AvgIpc) is 2.43. The van der Waals surface area contributed by atoms with E-state index in [1.807, 2.05) is 6.92 Å². The number of benzene rings is 1. The van der Waals surface area contributed by atoms with Gasteiger partial charge in [0.2, 0.25) is 0 Å². The lowest BCUT2D eigenvalue weighted by atomic mass is 9.79. The summed E-state index contributed by atoms with van der Waals surface area (Å²) in [6.45, 7) is 9.74. The van der Waals surface area contributed by atoms with E-state index in [1.54, 1.807) is 0 Å². The SMILES string of the molecule is Cc1ccc2cc(CN3CCC(N)C(C)(C)C3)ccc2n1.Cl. The van der Waals surface area contributed by atoms with Crippen LogP contribution in [-0.4, -0.2) is 29.0 Å². The molecule has 1 saturated heterocycles. The summed E-state index contributed by atoms with van der Waals surface area (Å²) in [5, 5.41) is 1.23. The van der Waals surface area contributed by atoms with Gasteiger partial charge in [-0.15, -0.1) is 12.4 Å². The first-order valence-electron chi connectivity index (χ1n) is 7.78. The highest BCUT2D eigenvalue weighted by molar-refractivity contribution is 5.85. The van der Waals surface area contributed by atoms with Gasteiger partial charge in [0.05, 0.1) is 5.52 Å². The molecular formula is C18H26ClN3. The number of halogens is 1. The molecule has 1 atom stereocenters. The molecule has 1 fully saturated rings. The van der Waals surface area contributed by atoms with E-state index in [4.69, 9.17) is 5.73 Å². The fraction of sp³-hybridized carbons (Fsp3) is 0.500. The van der Waals surface area contributed by atoms with E-state index >= 15 is 0 Å². The minimum absolute atomic E-state index is 0. The first-order chi connectivity index (χ1) is 9.94. The Hall–Kier alpha value is -1.16. The third-order valence-corrected chi connectivity index (χ3v) is 4.69. The first-order valence-corrected chi connectivity index (χ1v) is 7.78. The highest BCUT2D eigenvalue weighted by Gasteiger charge is 2.33. The molecule has 4 heteroatoms. The smallest absolute Gasteiger partial charge is 0.0705 e. The van der Waals surface area contributed by atoms with Crippen LogP contribution >= 0.6 is 12.4 Å². The van der Waals surface area contributed by atoms with E-state index in [-0.39, 0.29) is 17.8 Å². The lowest BCUT2D eigenvalue weighted by molar-refractivity contribution is 0.0899. The third kappa shape index (κ3) is 3.60. The Morgan fingerprint density at radius 2 is 2.05 bits per heavy atom. The molecule has 1 aromatic heterocycles. The summed E-state index contributed by atoms with van der Waals surface area (Å²) in [5.41, 5.74) is 9.94. The second kappa shape index (κ2) is 6.53. The maximum Gasteiger partial charge on any atom is 0.0705 e. The van der Waals surface area contributed by atoms with Crippen LogP contribution in [0, 0.1) is 12.3 Å². The van der Waals surface area contributed by atoms with Gasteiger partial charge < -0.3 is 5.73 Å². The van der Waals surface area contributed by atoms with Crippen LogP contribution < -0.4 is 5.73 Å². The van der Waals surface area contributed by atoms with Gasteiger partial charge in [-0.1, -0.05) is 26.0 Å². The van der Waals surface area contributed by atoms with Crippen LogP contribution in [0.3, 0.4) is 0 Å². The van der Waals surface area contributed by atoms with Crippen molar-refractivity contribution in [2.24, 2.45) is 11.1 Å². The number of rotatable bonds is 2. The van der Waals surface area contributed by atoms with Gasteiger partial charge in [-0.2, -0.15) is 0 Å². The van der Waals surface area contributed by atoms with Crippen molar-refractivity contribution in [3.05, 3.63) is 41.6 Å². The summed E-state index contributed by atoms with van der Waals surface area (Å²) in [4.78, 5) is 7.09. The normalized spacial score (nSPS) is 21.5. The number of pyridine rings is 1. The van der Waals surface area contributed by atoms with E-state index in [0.717, 1.165) is 37.3 Å². The van der Waals surface area contributed by atoms with Crippen LogP contribution in [0.4, 0.5) is 0 Å². The summed E-state index contributed by atoms with van der Waals surface area (Å²) < 4.78 is 0. The number of piperidine rings is 1. The van der Waals surface area contributed by atoms with Gasteiger partial charge >= 0.3 is 0 Å². The van der Waals surface area contributed by atoms with Gasteiger partial charge in [-0.05, 0) is 42.5 Å². The van der Waals surface area contributed by atoms with Crippen molar-refractivity contribution in [3.8, 4) is 0 Å². The Kier molecular flexibility index (Phi) is 5.10. The molecule has 1 aliphatic rings. The highest BCUT2D eigenvalue weighted by atomic mass is 35.5.